The van der Waals surface area contributed by atoms with E-state index in [0.717, 1.165) is 12.2 Å². The van der Waals surface area contributed by atoms with Gasteiger partial charge in [0.2, 0.25) is 5.91 Å². The minimum atomic E-state index is 0.0115. The largest absolute Gasteiger partial charge is 0.325 e. The van der Waals surface area contributed by atoms with Crippen LogP contribution in [0.15, 0.2) is 30.3 Å². The van der Waals surface area contributed by atoms with Crippen molar-refractivity contribution in [3.63, 3.8) is 0 Å². The van der Waals surface area contributed by atoms with E-state index >= 15 is 0 Å². The van der Waals surface area contributed by atoms with E-state index in [9.17, 15) is 4.79 Å². The molecular weight excluding hydrogens is 236 g/mol. The molecule has 0 saturated carbocycles. The van der Waals surface area contributed by atoms with Crippen LogP contribution in [0, 0.1) is 17.8 Å². The number of nitrogens with one attached hydrogen (secondary N) is 2. The van der Waals surface area contributed by atoms with Gasteiger partial charge in [0, 0.05) is 5.69 Å². The van der Waals surface area contributed by atoms with E-state index in [2.05, 4.69) is 38.3 Å². The zero-order valence-electron chi connectivity index (χ0n) is 12.4. The SMILES string of the molecule is CC(C)C(CNCC(=O)Nc1ccccc1)C(C)C. The molecule has 0 unspecified atom stereocenters. The molecule has 0 saturated heterocycles. The van der Waals surface area contributed by atoms with E-state index < -0.39 is 0 Å². The van der Waals surface area contributed by atoms with Gasteiger partial charge in [0.1, 0.15) is 0 Å². The van der Waals surface area contributed by atoms with Gasteiger partial charge < -0.3 is 10.6 Å². The smallest absolute Gasteiger partial charge is 0.238 e. The molecule has 0 aliphatic rings. The molecule has 3 nitrogen and oxygen atoms in total. The highest BCUT2D eigenvalue weighted by Crippen LogP contribution is 2.19. The quantitative estimate of drug-likeness (QED) is 0.792. The minimum Gasteiger partial charge on any atom is -0.325 e. The highest BCUT2D eigenvalue weighted by Gasteiger charge is 2.17. The molecule has 0 heterocycles. The first-order valence-corrected chi connectivity index (χ1v) is 7.06. The van der Waals surface area contributed by atoms with Crippen LogP contribution in [0.4, 0.5) is 5.69 Å². The lowest BCUT2D eigenvalue weighted by atomic mass is 9.85. The lowest BCUT2D eigenvalue weighted by Gasteiger charge is -2.25. The molecule has 0 aromatic heterocycles. The fraction of sp³-hybridized carbons (Fsp3) is 0.562. The summed E-state index contributed by atoms with van der Waals surface area (Å²) in [7, 11) is 0. The molecule has 3 heteroatoms. The third kappa shape index (κ3) is 5.88. The number of rotatable bonds is 7. The maximum Gasteiger partial charge on any atom is 0.238 e. The fourth-order valence-corrected chi connectivity index (χ4v) is 2.32. The second-order valence-electron chi connectivity index (χ2n) is 5.70. The van der Waals surface area contributed by atoms with Crippen molar-refractivity contribution in [1.29, 1.82) is 0 Å². The summed E-state index contributed by atoms with van der Waals surface area (Å²) in [6, 6.07) is 9.54. The van der Waals surface area contributed by atoms with E-state index in [-0.39, 0.29) is 5.91 Å². The highest BCUT2D eigenvalue weighted by atomic mass is 16.1. The van der Waals surface area contributed by atoms with Gasteiger partial charge in [0.25, 0.3) is 0 Å². The first-order chi connectivity index (χ1) is 9.00. The topological polar surface area (TPSA) is 41.1 Å². The Hall–Kier alpha value is -1.35. The summed E-state index contributed by atoms with van der Waals surface area (Å²) >= 11 is 0. The summed E-state index contributed by atoms with van der Waals surface area (Å²) in [6.07, 6.45) is 0. The van der Waals surface area contributed by atoms with Gasteiger partial charge >= 0.3 is 0 Å². The first-order valence-electron chi connectivity index (χ1n) is 7.06. The predicted molar refractivity (Wildman–Crippen MR) is 81.1 cm³/mol. The average Bonchev–Trinajstić information content (AvgIpc) is 2.34. The molecule has 0 radical (unpaired) electrons. The van der Waals surface area contributed by atoms with Gasteiger partial charge in [-0.25, -0.2) is 0 Å². The van der Waals surface area contributed by atoms with Gasteiger partial charge in [-0.1, -0.05) is 45.9 Å². The zero-order chi connectivity index (χ0) is 14.3. The second kappa shape index (κ2) is 7.95. The van der Waals surface area contributed by atoms with E-state index in [4.69, 9.17) is 0 Å². The lowest BCUT2D eigenvalue weighted by molar-refractivity contribution is -0.115. The average molecular weight is 262 g/mol. The van der Waals surface area contributed by atoms with Gasteiger partial charge in [0.15, 0.2) is 0 Å². The van der Waals surface area contributed by atoms with E-state index in [1.54, 1.807) is 0 Å². The highest BCUT2D eigenvalue weighted by molar-refractivity contribution is 5.92. The predicted octanol–water partition coefficient (Wildman–Crippen LogP) is 3.14. The Morgan fingerprint density at radius 1 is 1.05 bits per heavy atom. The summed E-state index contributed by atoms with van der Waals surface area (Å²) in [5.41, 5.74) is 0.846. The third-order valence-electron chi connectivity index (χ3n) is 3.44. The Balaban J connectivity index is 2.31. The second-order valence-corrected chi connectivity index (χ2v) is 5.70. The molecule has 0 bridgehead atoms. The van der Waals surface area contributed by atoms with Crippen molar-refractivity contribution in [1.82, 2.24) is 5.32 Å². The Morgan fingerprint density at radius 3 is 2.16 bits per heavy atom. The third-order valence-corrected chi connectivity index (χ3v) is 3.44. The lowest BCUT2D eigenvalue weighted by Crippen LogP contribution is -2.35. The first kappa shape index (κ1) is 15.7. The number of para-hydroxylation sites is 1. The normalized spacial score (nSPS) is 11.3. The van der Waals surface area contributed by atoms with Crippen LogP contribution in [0.2, 0.25) is 0 Å². The fourth-order valence-electron chi connectivity index (χ4n) is 2.32. The molecule has 0 aliphatic carbocycles. The molecule has 0 fully saturated rings. The number of hydrogen-bond acceptors (Lipinski definition) is 2. The number of anilines is 1. The van der Waals surface area contributed by atoms with Gasteiger partial charge in [-0.05, 0) is 36.4 Å². The Morgan fingerprint density at radius 2 is 1.63 bits per heavy atom. The maximum atomic E-state index is 11.8. The van der Waals surface area contributed by atoms with Crippen LogP contribution in [0.1, 0.15) is 27.7 Å². The standard InChI is InChI=1S/C16H26N2O/c1-12(2)15(13(3)4)10-17-11-16(19)18-14-8-6-5-7-9-14/h5-9,12-13,15,17H,10-11H2,1-4H3,(H,18,19). The van der Waals surface area contributed by atoms with Crippen LogP contribution in [0.5, 0.6) is 0 Å². The van der Waals surface area contributed by atoms with E-state index in [0.29, 0.717) is 24.3 Å². The monoisotopic (exact) mass is 262 g/mol. The molecule has 106 valence electrons. The van der Waals surface area contributed by atoms with Gasteiger partial charge in [0.05, 0.1) is 6.54 Å². The van der Waals surface area contributed by atoms with Crippen molar-refractivity contribution in [2.45, 2.75) is 27.7 Å². The Bertz CT molecular complexity index is 366. The van der Waals surface area contributed by atoms with Crippen molar-refractivity contribution in [3.8, 4) is 0 Å². The van der Waals surface area contributed by atoms with Gasteiger partial charge in [-0.3, -0.25) is 4.79 Å². The van der Waals surface area contributed by atoms with E-state index in [1.165, 1.54) is 0 Å². The summed E-state index contributed by atoms with van der Waals surface area (Å²) in [4.78, 5) is 11.8. The number of amides is 1. The van der Waals surface area contributed by atoms with Crippen molar-refractivity contribution in [2.75, 3.05) is 18.4 Å². The minimum absolute atomic E-state index is 0.0115. The van der Waals surface area contributed by atoms with Crippen LogP contribution >= 0.6 is 0 Å². The maximum absolute atomic E-state index is 11.8. The molecule has 1 aromatic rings. The molecule has 1 aromatic carbocycles. The molecule has 19 heavy (non-hydrogen) atoms. The van der Waals surface area contributed by atoms with Crippen LogP contribution in [-0.4, -0.2) is 19.0 Å². The van der Waals surface area contributed by atoms with Crippen LogP contribution in [-0.2, 0) is 4.79 Å². The van der Waals surface area contributed by atoms with Crippen LogP contribution in [0.3, 0.4) is 0 Å². The van der Waals surface area contributed by atoms with Crippen molar-refractivity contribution >= 4 is 11.6 Å². The molecule has 2 N–H and O–H groups in total. The summed E-state index contributed by atoms with van der Waals surface area (Å²) in [5, 5.41) is 6.13. The number of hydrogen-bond donors (Lipinski definition) is 2. The Labute approximate surface area is 116 Å². The molecule has 0 atom stereocenters. The molecule has 1 rings (SSSR count). The van der Waals surface area contributed by atoms with Crippen molar-refractivity contribution in [3.05, 3.63) is 30.3 Å². The number of benzene rings is 1. The number of carbonyl (C=O) groups excluding carboxylic acids is 1. The van der Waals surface area contributed by atoms with Crippen LogP contribution in [0.25, 0.3) is 0 Å². The molecular formula is C16H26N2O. The summed E-state index contributed by atoms with van der Waals surface area (Å²) in [6.45, 7) is 10.2. The van der Waals surface area contributed by atoms with Gasteiger partial charge in [-0.15, -0.1) is 0 Å². The van der Waals surface area contributed by atoms with E-state index in [1.807, 2.05) is 30.3 Å². The molecule has 0 spiro atoms. The van der Waals surface area contributed by atoms with Crippen LogP contribution < -0.4 is 10.6 Å². The molecule has 0 aliphatic heterocycles. The summed E-state index contributed by atoms with van der Waals surface area (Å²) in [5.74, 6) is 1.87. The van der Waals surface area contributed by atoms with Gasteiger partial charge in [-0.2, -0.15) is 0 Å². The zero-order valence-corrected chi connectivity index (χ0v) is 12.4. The summed E-state index contributed by atoms with van der Waals surface area (Å²) < 4.78 is 0. The number of carbonyl (C=O) groups is 1. The van der Waals surface area contributed by atoms with Crippen molar-refractivity contribution < 1.29 is 4.79 Å². The Kier molecular flexibility index (Phi) is 6.57. The molecule has 1 amide bonds. The van der Waals surface area contributed by atoms with Crippen molar-refractivity contribution in [2.24, 2.45) is 17.8 Å².